The van der Waals surface area contributed by atoms with Crippen molar-refractivity contribution < 1.29 is 17.9 Å². The Morgan fingerprint density at radius 2 is 1.60 bits per heavy atom. The molecule has 0 aromatic heterocycles. The Labute approximate surface area is 100 Å². The van der Waals surface area contributed by atoms with Crippen molar-refractivity contribution in [1.82, 2.24) is 0 Å². The van der Waals surface area contributed by atoms with Crippen molar-refractivity contribution in [1.29, 1.82) is 0 Å². The van der Waals surface area contributed by atoms with E-state index in [1.165, 1.54) is 4.11 Å². The molecule has 0 heterocycles. The molecule has 1 heteroatoms. The first kappa shape index (κ1) is 10.5. The first-order chi connectivity index (χ1) is 7.36. The van der Waals surface area contributed by atoms with Crippen LogP contribution in [0.3, 0.4) is 0 Å². The van der Waals surface area contributed by atoms with E-state index in [1.807, 2.05) is 6.08 Å². The molecule has 75 valence electrons. The fourth-order valence-corrected chi connectivity index (χ4v) is 1.98. The van der Waals surface area contributed by atoms with Gasteiger partial charge in [-0.2, -0.15) is 0 Å². The summed E-state index contributed by atoms with van der Waals surface area (Å²) in [5, 5.41) is 0. The van der Waals surface area contributed by atoms with Crippen molar-refractivity contribution in [3.8, 4) is 0 Å². The molecule has 0 unspecified atom stereocenters. The quantitative estimate of drug-likeness (QED) is 0.551. The Hall–Kier alpha value is -1.03. The van der Waals surface area contributed by atoms with E-state index in [0.29, 0.717) is 11.8 Å². The fraction of sp³-hybridized carbons (Fsp3) is 0.143. The van der Waals surface area contributed by atoms with Gasteiger partial charge < -0.3 is 0 Å². The average molecular weight is 281 g/mol. The molecular weight excluding hydrogens is 269 g/mol. The van der Waals surface area contributed by atoms with Gasteiger partial charge in [-0.05, 0) is 0 Å². The first-order valence-corrected chi connectivity index (χ1v) is 5.87. The second kappa shape index (κ2) is 5.17. The fourth-order valence-electron chi connectivity index (χ4n) is 1.50. The van der Waals surface area contributed by atoms with Gasteiger partial charge in [-0.1, -0.05) is 0 Å². The van der Waals surface area contributed by atoms with E-state index in [-0.39, 0.29) is 0 Å². The molecule has 0 nitrogen and oxygen atoms in total. The average Bonchev–Trinajstić information content (AvgIpc) is 2.90. The van der Waals surface area contributed by atoms with E-state index in [1.54, 1.807) is 0 Å². The van der Waals surface area contributed by atoms with Gasteiger partial charge in [-0.15, -0.1) is 0 Å². The molecule has 0 radical (unpaired) electrons. The van der Waals surface area contributed by atoms with Crippen LogP contribution in [-0.2, 0) is 17.9 Å². The van der Waals surface area contributed by atoms with Crippen LogP contribution in [0.1, 0.15) is 0 Å². The molecule has 0 aromatic carbocycles. The molecule has 0 bridgehead atoms. The summed E-state index contributed by atoms with van der Waals surface area (Å²) in [4.78, 5) is 0. The van der Waals surface area contributed by atoms with Crippen molar-refractivity contribution in [3.63, 3.8) is 0 Å². The first-order valence-electron chi connectivity index (χ1n) is 5.00. The van der Waals surface area contributed by atoms with E-state index >= 15 is 0 Å². The zero-order valence-electron chi connectivity index (χ0n) is 8.28. The summed E-state index contributed by atoms with van der Waals surface area (Å²) < 4.78 is 1.27. The van der Waals surface area contributed by atoms with E-state index in [2.05, 4.69) is 78.3 Å². The summed E-state index contributed by atoms with van der Waals surface area (Å²) >= 11 is 2.67. The van der Waals surface area contributed by atoms with Crippen LogP contribution in [0.5, 0.6) is 0 Å². The van der Waals surface area contributed by atoms with Crippen LogP contribution >= 0.6 is 0 Å². The maximum absolute atomic E-state index is 3.23. The van der Waals surface area contributed by atoms with Gasteiger partial charge in [-0.3, -0.25) is 0 Å². The normalized spacial score (nSPS) is 18.4. The Kier molecular flexibility index (Phi) is 3.61. The Morgan fingerprint density at radius 1 is 1.00 bits per heavy atom. The molecule has 0 saturated carbocycles. The van der Waals surface area contributed by atoms with E-state index in [0.717, 1.165) is 0 Å². The summed E-state index contributed by atoms with van der Waals surface area (Å²) in [6, 6.07) is 0. The van der Waals surface area contributed by atoms with Gasteiger partial charge in [0.05, 0.1) is 0 Å². The third-order valence-corrected chi connectivity index (χ3v) is 3.17. The molecule has 2 aliphatic rings. The molecule has 0 fully saturated rings. The summed E-state index contributed by atoms with van der Waals surface area (Å²) in [5.41, 5.74) is 3.23. The second-order valence-corrected chi connectivity index (χ2v) is 4.49. The van der Waals surface area contributed by atoms with Gasteiger partial charge >= 0.3 is 100 Å². The zero-order chi connectivity index (χ0) is 10.5. The van der Waals surface area contributed by atoms with Gasteiger partial charge in [0.15, 0.2) is 0 Å². The van der Waals surface area contributed by atoms with Crippen molar-refractivity contribution in [2.24, 2.45) is 11.8 Å². The monoisotopic (exact) mass is 282 g/mol. The third kappa shape index (κ3) is 2.96. The molecule has 0 spiro atoms. The summed E-state index contributed by atoms with van der Waals surface area (Å²) in [6.45, 7) is 0. The van der Waals surface area contributed by atoms with Crippen LogP contribution in [0, 0.1) is 11.8 Å². The maximum atomic E-state index is 3.23. The van der Waals surface area contributed by atoms with Gasteiger partial charge in [0.1, 0.15) is 0 Å². The minimum absolute atomic E-state index is 0.426. The molecule has 0 N–H and O–H groups in total. The zero-order valence-corrected chi connectivity index (χ0v) is 10.0. The standard InChI is InChI=1S/C14H12.Ru/c1-2-8-13(7-1)11-5-6-12-14-9-3-4-10-14;/h1-5,7-10,12-14H;/q;+1. The van der Waals surface area contributed by atoms with Gasteiger partial charge in [0.2, 0.25) is 0 Å². The van der Waals surface area contributed by atoms with Crippen molar-refractivity contribution in [2.75, 3.05) is 0 Å². The topological polar surface area (TPSA) is 0 Å². The van der Waals surface area contributed by atoms with Crippen LogP contribution in [0.25, 0.3) is 0 Å². The van der Waals surface area contributed by atoms with E-state index < -0.39 is 0 Å². The molecule has 2 aliphatic carbocycles. The SMILES string of the molecule is [Ru+]=[C](C=C=CC1C=CC=C1)C1C=CC=C1. The Balaban J connectivity index is 1.95. The summed E-state index contributed by atoms with van der Waals surface area (Å²) in [7, 11) is 0. The molecular formula is C14H12Ru+. The van der Waals surface area contributed by atoms with Crippen molar-refractivity contribution in [3.05, 3.63) is 66.5 Å². The molecule has 0 atom stereocenters. The molecule has 0 aliphatic heterocycles. The predicted octanol–water partition coefficient (Wildman–Crippen LogP) is 2.90. The predicted molar refractivity (Wildman–Crippen MR) is 61.2 cm³/mol. The van der Waals surface area contributed by atoms with Crippen LogP contribution in [0.15, 0.2) is 66.5 Å². The molecule has 15 heavy (non-hydrogen) atoms. The Morgan fingerprint density at radius 3 is 2.27 bits per heavy atom. The number of hydrogen-bond donors (Lipinski definition) is 0. The molecule has 2 rings (SSSR count). The van der Waals surface area contributed by atoms with Crippen LogP contribution in [0.2, 0.25) is 0 Å². The van der Waals surface area contributed by atoms with Crippen molar-refractivity contribution in [2.45, 2.75) is 0 Å². The van der Waals surface area contributed by atoms with Gasteiger partial charge in [0.25, 0.3) is 0 Å². The van der Waals surface area contributed by atoms with Gasteiger partial charge in [-0.25, -0.2) is 0 Å². The van der Waals surface area contributed by atoms with Gasteiger partial charge in [0, 0.05) is 0 Å². The molecule has 0 aromatic rings. The van der Waals surface area contributed by atoms with Crippen LogP contribution in [-0.4, -0.2) is 4.11 Å². The minimum atomic E-state index is 0.426. The van der Waals surface area contributed by atoms with Crippen LogP contribution in [0.4, 0.5) is 0 Å². The number of allylic oxidation sites excluding steroid dienone is 9. The molecule has 0 saturated heterocycles. The second-order valence-electron chi connectivity index (χ2n) is 3.49. The van der Waals surface area contributed by atoms with E-state index in [9.17, 15) is 0 Å². The third-order valence-electron chi connectivity index (χ3n) is 2.34. The van der Waals surface area contributed by atoms with Crippen LogP contribution < -0.4 is 0 Å². The summed E-state index contributed by atoms with van der Waals surface area (Å²) in [5.74, 6) is 0.868. The Bertz CT molecular complexity index is 402. The van der Waals surface area contributed by atoms with Crippen molar-refractivity contribution >= 4 is 4.11 Å². The summed E-state index contributed by atoms with van der Waals surface area (Å²) in [6.07, 6.45) is 21.1. The number of rotatable bonds is 3. The van der Waals surface area contributed by atoms with E-state index in [4.69, 9.17) is 0 Å². The number of hydrogen-bond acceptors (Lipinski definition) is 0. The molecule has 0 amide bonds.